The summed E-state index contributed by atoms with van der Waals surface area (Å²) in [6.45, 7) is 4.90. The first-order valence-electron chi connectivity index (χ1n) is 37.1. The van der Waals surface area contributed by atoms with Gasteiger partial charge in [-0.05, 0) is 19.3 Å². The molecule has 0 fully saturated rings. The largest absolute Gasteiger partial charge is 0.472 e. The van der Waals surface area contributed by atoms with E-state index >= 15 is 0 Å². The molecule has 0 aromatic rings. The number of aliphatic hydroxyl groups excluding tert-OH is 1. The number of aliphatic hydroxyl groups is 1. The zero-order valence-electron chi connectivity index (χ0n) is 56.3. The van der Waals surface area contributed by atoms with Crippen molar-refractivity contribution in [3.63, 3.8) is 0 Å². The molecule has 0 heterocycles. The second kappa shape index (κ2) is 64.7. The van der Waals surface area contributed by atoms with Crippen LogP contribution in [0.25, 0.3) is 0 Å². The van der Waals surface area contributed by atoms with Gasteiger partial charge in [-0.15, -0.1) is 0 Å². The van der Waals surface area contributed by atoms with E-state index in [1.54, 1.807) is 6.08 Å². The predicted molar refractivity (Wildman–Crippen MR) is 360 cm³/mol. The molecule has 0 rings (SSSR count). The molecular formula is C73H148N2O6P+. The molecule has 82 heavy (non-hydrogen) atoms. The van der Waals surface area contributed by atoms with Gasteiger partial charge in [0.25, 0.3) is 0 Å². The van der Waals surface area contributed by atoms with Gasteiger partial charge in [-0.1, -0.05) is 386 Å². The molecule has 0 aliphatic heterocycles. The van der Waals surface area contributed by atoms with Crippen LogP contribution in [0.3, 0.4) is 0 Å². The monoisotopic (exact) mass is 1180 g/mol. The maximum Gasteiger partial charge on any atom is 0.472 e. The van der Waals surface area contributed by atoms with Crippen LogP contribution in [0.5, 0.6) is 0 Å². The lowest BCUT2D eigenvalue weighted by molar-refractivity contribution is -0.870. The standard InChI is InChI=1S/C73H147N2O6P/c1-6-8-10-12-14-16-18-20-22-24-26-28-30-32-34-36-37-39-40-42-44-46-48-50-52-54-56-58-60-62-64-66-72(76)71(70-81-82(78,79)80-69-68-75(3,4)5)74-73(77)67-65-63-61-59-57-55-53-51-49-47-45-43-41-38-35-33-31-29-27-25-23-21-19-17-15-13-11-9-7-2/h64,66,71-72,76H,6-63,65,67-70H2,1-5H3,(H-,74,77,78,79)/p+1/b66-64+. The van der Waals surface area contributed by atoms with Crippen molar-refractivity contribution in [3.8, 4) is 0 Å². The number of quaternary nitrogens is 1. The van der Waals surface area contributed by atoms with Gasteiger partial charge in [0.15, 0.2) is 0 Å². The van der Waals surface area contributed by atoms with Crippen molar-refractivity contribution in [1.29, 1.82) is 0 Å². The van der Waals surface area contributed by atoms with Gasteiger partial charge >= 0.3 is 7.82 Å². The Kier molecular flexibility index (Phi) is 64.1. The molecule has 3 unspecified atom stereocenters. The Hall–Kier alpha value is -0.760. The van der Waals surface area contributed by atoms with Crippen LogP contribution in [0.2, 0.25) is 0 Å². The normalized spacial score (nSPS) is 13.6. The number of likely N-dealkylation sites (N-methyl/N-ethyl adjacent to an activating group) is 1. The molecule has 0 spiro atoms. The lowest BCUT2D eigenvalue weighted by Gasteiger charge is -2.25. The Morgan fingerprint density at radius 2 is 0.646 bits per heavy atom. The molecule has 3 N–H and O–H groups in total. The molecule has 0 aromatic heterocycles. The van der Waals surface area contributed by atoms with Crippen molar-refractivity contribution in [2.45, 2.75) is 411 Å². The minimum Gasteiger partial charge on any atom is -0.387 e. The van der Waals surface area contributed by atoms with Crippen molar-refractivity contribution in [2.75, 3.05) is 40.9 Å². The zero-order valence-corrected chi connectivity index (χ0v) is 57.2. The number of carbonyl (C=O) groups is 1. The Bertz CT molecular complexity index is 1340. The molecule has 1 amide bonds. The summed E-state index contributed by atoms with van der Waals surface area (Å²) in [4.78, 5) is 23.4. The van der Waals surface area contributed by atoms with E-state index in [-0.39, 0.29) is 19.1 Å². The molecule has 8 nitrogen and oxygen atoms in total. The van der Waals surface area contributed by atoms with Gasteiger partial charge in [0.2, 0.25) is 5.91 Å². The Labute approximate surface area is 513 Å². The smallest absolute Gasteiger partial charge is 0.387 e. The van der Waals surface area contributed by atoms with Crippen molar-refractivity contribution in [2.24, 2.45) is 0 Å². The number of nitrogens with one attached hydrogen (secondary N) is 1. The van der Waals surface area contributed by atoms with Gasteiger partial charge in [-0.2, -0.15) is 0 Å². The topological polar surface area (TPSA) is 105 Å². The van der Waals surface area contributed by atoms with Crippen LogP contribution in [-0.2, 0) is 18.4 Å². The molecule has 0 radical (unpaired) electrons. The van der Waals surface area contributed by atoms with Crippen LogP contribution < -0.4 is 5.32 Å². The van der Waals surface area contributed by atoms with E-state index in [1.165, 1.54) is 347 Å². The van der Waals surface area contributed by atoms with E-state index in [0.717, 1.165) is 32.1 Å². The molecular weight excluding hydrogens is 1030 g/mol. The molecule has 490 valence electrons. The summed E-state index contributed by atoms with van der Waals surface area (Å²) < 4.78 is 23.9. The molecule has 3 atom stereocenters. The number of phosphoric ester groups is 1. The second-order valence-electron chi connectivity index (χ2n) is 27.0. The first-order valence-corrected chi connectivity index (χ1v) is 38.6. The van der Waals surface area contributed by atoms with E-state index in [1.807, 2.05) is 27.2 Å². The summed E-state index contributed by atoms with van der Waals surface area (Å²) in [5.41, 5.74) is 0. The average molecular weight is 1180 g/mol. The van der Waals surface area contributed by atoms with Gasteiger partial charge in [-0.25, -0.2) is 4.57 Å². The van der Waals surface area contributed by atoms with Crippen LogP contribution in [0.4, 0.5) is 0 Å². The number of unbranched alkanes of at least 4 members (excludes halogenated alkanes) is 57. The highest BCUT2D eigenvalue weighted by Crippen LogP contribution is 2.43. The lowest BCUT2D eigenvalue weighted by Crippen LogP contribution is -2.45. The van der Waals surface area contributed by atoms with Crippen LogP contribution in [0.1, 0.15) is 399 Å². The van der Waals surface area contributed by atoms with Crippen molar-refractivity contribution >= 4 is 13.7 Å². The van der Waals surface area contributed by atoms with Crippen molar-refractivity contribution in [3.05, 3.63) is 12.2 Å². The number of carbonyl (C=O) groups excluding carboxylic acids is 1. The van der Waals surface area contributed by atoms with Crippen LogP contribution >= 0.6 is 7.82 Å². The van der Waals surface area contributed by atoms with Crippen LogP contribution in [0.15, 0.2) is 12.2 Å². The van der Waals surface area contributed by atoms with Crippen molar-refractivity contribution in [1.82, 2.24) is 5.32 Å². The predicted octanol–water partition coefficient (Wildman–Crippen LogP) is 23.7. The summed E-state index contributed by atoms with van der Waals surface area (Å²) in [6.07, 6.45) is 83.8. The fourth-order valence-electron chi connectivity index (χ4n) is 11.8. The summed E-state index contributed by atoms with van der Waals surface area (Å²) in [5.74, 6) is -0.166. The highest BCUT2D eigenvalue weighted by molar-refractivity contribution is 7.47. The first kappa shape index (κ1) is 81.2. The molecule has 0 saturated heterocycles. The summed E-state index contributed by atoms with van der Waals surface area (Å²) in [5, 5.41) is 14.0. The average Bonchev–Trinajstić information content (AvgIpc) is 3.47. The lowest BCUT2D eigenvalue weighted by atomic mass is 10.0. The number of hydrogen-bond acceptors (Lipinski definition) is 5. The van der Waals surface area contributed by atoms with E-state index in [9.17, 15) is 19.4 Å². The molecule has 9 heteroatoms. The fourth-order valence-corrected chi connectivity index (χ4v) is 12.5. The first-order chi connectivity index (χ1) is 40.0. The fraction of sp³-hybridized carbons (Fsp3) is 0.959. The Balaban J connectivity index is 3.99. The van der Waals surface area contributed by atoms with Gasteiger partial charge in [0.05, 0.1) is 39.9 Å². The number of rotatable bonds is 70. The third-order valence-electron chi connectivity index (χ3n) is 17.5. The quantitative estimate of drug-likeness (QED) is 0.0243. The minimum absolute atomic E-state index is 0.0656. The van der Waals surface area contributed by atoms with Gasteiger partial charge in [0.1, 0.15) is 13.2 Å². The Morgan fingerprint density at radius 3 is 0.902 bits per heavy atom. The highest BCUT2D eigenvalue weighted by Gasteiger charge is 2.28. The minimum atomic E-state index is -4.35. The number of hydrogen-bond donors (Lipinski definition) is 3. The summed E-state index contributed by atoms with van der Waals surface area (Å²) in [7, 11) is 1.60. The maximum atomic E-state index is 13.1. The molecule has 0 aliphatic carbocycles. The summed E-state index contributed by atoms with van der Waals surface area (Å²) in [6, 6.07) is -0.844. The molecule has 0 saturated carbocycles. The SMILES string of the molecule is CCCCCCCCCCCCCCCCCCCCCCCCCCCCCCC/C=C/C(O)C(COP(=O)(O)OCC[N+](C)(C)C)NC(=O)CCCCCCCCCCCCCCCCCCCCCCCCCCCCCCC. The number of amides is 1. The number of nitrogens with zero attached hydrogens (tertiary/aromatic N) is 1. The van der Waals surface area contributed by atoms with E-state index in [4.69, 9.17) is 9.05 Å². The van der Waals surface area contributed by atoms with Gasteiger partial charge < -0.3 is 19.8 Å². The maximum absolute atomic E-state index is 13.1. The third kappa shape index (κ3) is 66.8. The van der Waals surface area contributed by atoms with Gasteiger partial charge in [0, 0.05) is 6.42 Å². The molecule has 0 bridgehead atoms. The number of allylic oxidation sites excluding steroid dienone is 1. The van der Waals surface area contributed by atoms with E-state index in [2.05, 4.69) is 19.2 Å². The number of phosphoric acid groups is 1. The molecule has 0 aromatic carbocycles. The van der Waals surface area contributed by atoms with Gasteiger partial charge in [-0.3, -0.25) is 13.8 Å². The van der Waals surface area contributed by atoms with Crippen LogP contribution in [0, 0.1) is 0 Å². The van der Waals surface area contributed by atoms with Crippen molar-refractivity contribution < 1.29 is 32.9 Å². The second-order valence-corrected chi connectivity index (χ2v) is 28.5. The van der Waals surface area contributed by atoms with Crippen LogP contribution in [-0.4, -0.2) is 73.4 Å². The third-order valence-corrected chi connectivity index (χ3v) is 18.5. The van der Waals surface area contributed by atoms with E-state index < -0.39 is 20.0 Å². The Morgan fingerprint density at radius 1 is 0.402 bits per heavy atom. The summed E-state index contributed by atoms with van der Waals surface area (Å²) >= 11 is 0. The van der Waals surface area contributed by atoms with E-state index in [0.29, 0.717) is 17.4 Å². The zero-order chi connectivity index (χ0) is 59.8. The highest BCUT2D eigenvalue weighted by atomic mass is 31.2. The molecule has 0 aliphatic rings.